The van der Waals surface area contributed by atoms with Gasteiger partial charge in [0.2, 0.25) is 0 Å². The molecule has 0 radical (unpaired) electrons. The van der Waals surface area contributed by atoms with Crippen molar-refractivity contribution in [2.45, 2.75) is 18.9 Å². The van der Waals surface area contributed by atoms with Crippen molar-refractivity contribution in [3.63, 3.8) is 0 Å². The third kappa shape index (κ3) is 3.63. The number of nitriles is 1. The fraction of sp³-hybridized carbons (Fsp3) is 0.250. The number of nitrogens with zero attached hydrogens (tertiary/aromatic N) is 1. The molecule has 1 aromatic rings. The minimum absolute atomic E-state index is 0.0636. The molecule has 0 bridgehead atoms. The topological polar surface area (TPSA) is 62.1 Å². The molecule has 1 N–H and O–H groups in total. The lowest BCUT2D eigenvalue weighted by Gasteiger charge is -2.07. The van der Waals surface area contributed by atoms with Gasteiger partial charge in [0.05, 0.1) is 0 Å². The number of carbonyl (C=O) groups is 1. The zero-order chi connectivity index (χ0) is 14.4. The SMILES string of the molecule is C#CCOc1ccccc1/C=C(\C#N)C(=O)NC1CC1. The molecule has 100 valence electrons. The average Bonchev–Trinajstić information content (AvgIpc) is 3.27. The van der Waals surface area contributed by atoms with Crippen molar-refractivity contribution >= 4 is 12.0 Å². The van der Waals surface area contributed by atoms with E-state index in [2.05, 4.69) is 11.2 Å². The van der Waals surface area contributed by atoms with E-state index in [0.717, 1.165) is 12.8 Å². The molecule has 4 nitrogen and oxygen atoms in total. The summed E-state index contributed by atoms with van der Waals surface area (Å²) in [5.74, 6) is 2.59. The van der Waals surface area contributed by atoms with E-state index in [-0.39, 0.29) is 24.1 Å². The quantitative estimate of drug-likeness (QED) is 0.503. The summed E-state index contributed by atoms with van der Waals surface area (Å²) in [5.41, 5.74) is 0.721. The zero-order valence-corrected chi connectivity index (χ0v) is 10.9. The maximum Gasteiger partial charge on any atom is 0.262 e. The van der Waals surface area contributed by atoms with Crippen LogP contribution in [0.4, 0.5) is 0 Å². The number of hydrogen-bond acceptors (Lipinski definition) is 3. The molecular weight excluding hydrogens is 252 g/mol. The van der Waals surface area contributed by atoms with Gasteiger partial charge in [-0.1, -0.05) is 24.1 Å². The van der Waals surface area contributed by atoms with Crippen LogP contribution in [-0.4, -0.2) is 18.6 Å². The Bertz CT molecular complexity index is 616. The van der Waals surface area contributed by atoms with Crippen molar-refractivity contribution in [3.05, 3.63) is 35.4 Å². The van der Waals surface area contributed by atoms with Crippen LogP contribution in [0.5, 0.6) is 5.75 Å². The lowest BCUT2D eigenvalue weighted by molar-refractivity contribution is -0.117. The number of para-hydroxylation sites is 1. The van der Waals surface area contributed by atoms with Crippen LogP contribution in [0.2, 0.25) is 0 Å². The van der Waals surface area contributed by atoms with Crippen LogP contribution in [0.15, 0.2) is 29.8 Å². The maximum atomic E-state index is 11.9. The highest BCUT2D eigenvalue weighted by atomic mass is 16.5. The molecule has 0 unspecified atom stereocenters. The van der Waals surface area contributed by atoms with E-state index in [4.69, 9.17) is 16.4 Å². The summed E-state index contributed by atoms with van der Waals surface area (Å²) >= 11 is 0. The minimum Gasteiger partial charge on any atom is -0.480 e. The van der Waals surface area contributed by atoms with Gasteiger partial charge in [0.1, 0.15) is 24.0 Å². The van der Waals surface area contributed by atoms with Gasteiger partial charge in [-0.25, -0.2) is 0 Å². The first-order valence-electron chi connectivity index (χ1n) is 6.32. The van der Waals surface area contributed by atoms with Crippen molar-refractivity contribution in [3.8, 4) is 24.2 Å². The van der Waals surface area contributed by atoms with Crippen molar-refractivity contribution in [2.24, 2.45) is 0 Å². The summed E-state index contributed by atoms with van der Waals surface area (Å²) in [6.07, 6.45) is 8.63. The summed E-state index contributed by atoms with van der Waals surface area (Å²) in [4.78, 5) is 11.9. The fourth-order valence-corrected chi connectivity index (χ4v) is 1.65. The summed E-state index contributed by atoms with van der Waals surface area (Å²) in [6.45, 7) is 0.140. The number of terminal acetylenes is 1. The lowest BCUT2D eigenvalue weighted by Crippen LogP contribution is -2.26. The predicted octanol–water partition coefficient (Wildman–Crippen LogP) is 1.88. The molecule has 0 heterocycles. The number of carbonyl (C=O) groups excluding carboxylic acids is 1. The predicted molar refractivity (Wildman–Crippen MR) is 75.5 cm³/mol. The molecule has 0 aliphatic heterocycles. The monoisotopic (exact) mass is 266 g/mol. The van der Waals surface area contributed by atoms with E-state index < -0.39 is 0 Å². The zero-order valence-electron chi connectivity index (χ0n) is 10.9. The molecule has 0 atom stereocenters. The van der Waals surface area contributed by atoms with E-state index in [0.29, 0.717) is 11.3 Å². The second-order valence-electron chi connectivity index (χ2n) is 4.45. The van der Waals surface area contributed by atoms with Crippen LogP contribution in [0, 0.1) is 23.7 Å². The summed E-state index contributed by atoms with van der Waals surface area (Å²) in [7, 11) is 0. The number of benzene rings is 1. The van der Waals surface area contributed by atoms with E-state index in [1.165, 1.54) is 6.08 Å². The van der Waals surface area contributed by atoms with E-state index >= 15 is 0 Å². The smallest absolute Gasteiger partial charge is 0.262 e. The first-order chi connectivity index (χ1) is 9.74. The maximum absolute atomic E-state index is 11.9. The van der Waals surface area contributed by atoms with Crippen molar-refractivity contribution in [1.29, 1.82) is 5.26 Å². The molecule has 1 amide bonds. The highest BCUT2D eigenvalue weighted by Crippen LogP contribution is 2.22. The molecule has 0 spiro atoms. The molecule has 1 aliphatic rings. The Labute approximate surface area is 118 Å². The van der Waals surface area contributed by atoms with Crippen LogP contribution in [0.1, 0.15) is 18.4 Å². The van der Waals surface area contributed by atoms with Gasteiger partial charge in [-0.2, -0.15) is 5.26 Å². The number of ether oxygens (including phenoxy) is 1. The highest BCUT2D eigenvalue weighted by Gasteiger charge is 2.24. The van der Waals surface area contributed by atoms with Gasteiger partial charge in [-0.05, 0) is 25.0 Å². The molecule has 1 saturated carbocycles. The second-order valence-corrected chi connectivity index (χ2v) is 4.45. The lowest BCUT2D eigenvalue weighted by atomic mass is 10.1. The molecule has 1 aromatic carbocycles. The van der Waals surface area contributed by atoms with Crippen molar-refractivity contribution in [2.75, 3.05) is 6.61 Å². The first-order valence-corrected chi connectivity index (χ1v) is 6.32. The number of nitrogens with one attached hydrogen (secondary N) is 1. The molecule has 1 fully saturated rings. The molecule has 1 aliphatic carbocycles. The van der Waals surface area contributed by atoms with E-state index in [1.54, 1.807) is 18.2 Å². The van der Waals surface area contributed by atoms with Gasteiger partial charge in [0, 0.05) is 11.6 Å². The van der Waals surface area contributed by atoms with Crippen LogP contribution in [0.25, 0.3) is 6.08 Å². The standard InChI is InChI=1S/C16H14N2O2/c1-2-9-20-15-6-4-3-5-12(15)10-13(11-17)16(19)18-14-7-8-14/h1,3-6,10,14H,7-9H2,(H,18,19)/b13-10+. The summed E-state index contributed by atoms with van der Waals surface area (Å²) in [5, 5.41) is 11.9. The van der Waals surface area contributed by atoms with Gasteiger partial charge in [0.25, 0.3) is 5.91 Å². The first kappa shape index (κ1) is 13.7. The fourth-order valence-electron chi connectivity index (χ4n) is 1.65. The third-order valence-electron chi connectivity index (χ3n) is 2.81. The molecular formula is C16H14N2O2. The van der Waals surface area contributed by atoms with Gasteiger partial charge >= 0.3 is 0 Å². The van der Waals surface area contributed by atoms with E-state index in [1.807, 2.05) is 12.1 Å². The Hall–Kier alpha value is -2.72. The number of amides is 1. The second kappa shape index (κ2) is 6.45. The van der Waals surface area contributed by atoms with Crippen molar-refractivity contribution < 1.29 is 9.53 Å². The molecule has 4 heteroatoms. The summed E-state index contributed by atoms with van der Waals surface area (Å²) in [6, 6.07) is 9.27. The van der Waals surface area contributed by atoms with Crippen LogP contribution in [-0.2, 0) is 4.79 Å². The van der Waals surface area contributed by atoms with Crippen LogP contribution in [0.3, 0.4) is 0 Å². The third-order valence-corrected chi connectivity index (χ3v) is 2.81. The Morgan fingerprint density at radius 1 is 1.50 bits per heavy atom. The van der Waals surface area contributed by atoms with Crippen LogP contribution < -0.4 is 10.1 Å². The Balaban J connectivity index is 2.20. The number of rotatable bonds is 5. The largest absolute Gasteiger partial charge is 0.480 e. The minimum atomic E-state index is -0.346. The molecule has 0 saturated heterocycles. The normalized spacial score (nSPS) is 14.0. The number of hydrogen-bond donors (Lipinski definition) is 1. The Morgan fingerprint density at radius 2 is 2.25 bits per heavy atom. The average molecular weight is 266 g/mol. The molecule has 0 aromatic heterocycles. The van der Waals surface area contributed by atoms with Gasteiger partial charge in [-0.3, -0.25) is 4.79 Å². The highest BCUT2D eigenvalue weighted by molar-refractivity contribution is 6.02. The van der Waals surface area contributed by atoms with Gasteiger partial charge < -0.3 is 10.1 Å². The van der Waals surface area contributed by atoms with Gasteiger partial charge in [-0.15, -0.1) is 6.42 Å². The summed E-state index contributed by atoms with van der Waals surface area (Å²) < 4.78 is 5.38. The Morgan fingerprint density at radius 3 is 2.90 bits per heavy atom. The van der Waals surface area contributed by atoms with E-state index in [9.17, 15) is 4.79 Å². The Kier molecular flexibility index (Phi) is 4.42. The van der Waals surface area contributed by atoms with Crippen LogP contribution >= 0.6 is 0 Å². The van der Waals surface area contributed by atoms with Crippen molar-refractivity contribution in [1.82, 2.24) is 5.32 Å². The van der Waals surface area contributed by atoms with Gasteiger partial charge in [0.15, 0.2) is 0 Å². The molecule has 20 heavy (non-hydrogen) atoms. The molecule has 2 rings (SSSR count).